The van der Waals surface area contributed by atoms with Gasteiger partial charge in [0, 0.05) is 38.2 Å². The minimum absolute atomic E-state index is 0.116. The number of carbonyl (C=O) groups is 1. The van der Waals surface area contributed by atoms with E-state index in [0.29, 0.717) is 24.9 Å². The van der Waals surface area contributed by atoms with Gasteiger partial charge in [0.1, 0.15) is 5.82 Å². The molecule has 0 spiro atoms. The average Bonchev–Trinajstić information content (AvgIpc) is 2.68. The van der Waals surface area contributed by atoms with Crippen LogP contribution in [-0.4, -0.2) is 66.9 Å². The molecule has 1 atom stereocenters. The topological polar surface area (TPSA) is 26.8 Å². The van der Waals surface area contributed by atoms with Gasteiger partial charge in [0.05, 0.1) is 0 Å². The number of piperidine rings is 2. The third-order valence-corrected chi connectivity index (χ3v) is 6.35. The van der Waals surface area contributed by atoms with Crippen molar-refractivity contribution >= 4 is 5.91 Å². The highest BCUT2D eigenvalue weighted by Gasteiger charge is 2.26. The first-order chi connectivity index (χ1) is 13.0. The maximum atomic E-state index is 13.9. The monoisotopic (exact) mass is 375 g/mol. The van der Waals surface area contributed by atoms with Gasteiger partial charge in [0.2, 0.25) is 5.91 Å². The molecule has 5 heteroatoms. The molecule has 4 nitrogen and oxygen atoms in total. The van der Waals surface area contributed by atoms with Crippen molar-refractivity contribution in [3.8, 4) is 0 Å². The molecule has 0 bridgehead atoms. The van der Waals surface area contributed by atoms with E-state index in [4.69, 9.17) is 0 Å². The molecule has 1 aromatic rings. The van der Waals surface area contributed by atoms with Gasteiger partial charge in [-0.05, 0) is 70.8 Å². The Hall–Kier alpha value is -1.46. The van der Waals surface area contributed by atoms with E-state index in [-0.39, 0.29) is 11.7 Å². The van der Waals surface area contributed by atoms with Gasteiger partial charge in [-0.15, -0.1) is 0 Å². The Morgan fingerprint density at radius 3 is 2.67 bits per heavy atom. The predicted molar refractivity (Wildman–Crippen MR) is 107 cm³/mol. The molecule has 0 saturated carbocycles. The number of benzene rings is 1. The molecule has 1 aromatic carbocycles. The van der Waals surface area contributed by atoms with E-state index in [0.717, 1.165) is 57.4 Å². The quantitative estimate of drug-likeness (QED) is 0.763. The summed E-state index contributed by atoms with van der Waals surface area (Å²) in [4.78, 5) is 19.3. The lowest BCUT2D eigenvalue weighted by atomic mass is 9.92. The maximum Gasteiger partial charge on any atom is 0.222 e. The summed E-state index contributed by atoms with van der Waals surface area (Å²) in [6, 6.07) is 7.45. The number of hydrogen-bond acceptors (Lipinski definition) is 3. The first kappa shape index (κ1) is 20.3. The van der Waals surface area contributed by atoms with Crippen molar-refractivity contribution in [2.24, 2.45) is 5.92 Å². The molecule has 2 saturated heterocycles. The molecule has 2 heterocycles. The molecule has 0 unspecified atom stereocenters. The van der Waals surface area contributed by atoms with E-state index < -0.39 is 0 Å². The van der Waals surface area contributed by atoms with E-state index in [9.17, 15) is 9.18 Å². The van der Waals surface area contributed by atoms with Crippen molar-refractivity contribution in [3.05, 3.63) is 35.6 Å². The van der Waals surface area contributed by atoms with Crippen LogP contribution < -0.4 is 0 Å². The summed E-state index contributed by atoms with van der Waals surface area (Å²) < 4.78 is 13.9. The summed E-state index contributed by atoms with van der Waals surface area (Å²) >= 11 is 0. The molecule has 0 radical (unpaired) electrons. The number of amides is 1. The average molecular weight is 376 g/mol. The minimum atomic E-state index is -0.116. The molecule has 150 valence electrons. The van der Waals surface area contributed by atoms with Crippen molar-refractivity contribution in [2.75, 3.05) is 40.3 Å². The van der Waals surface area contributed by atoms with E-state index in [2.05, 4.69) is 16.8 Å². The van der Waals surface area contributed by atoms with Crippen molar-refractivity contribution in [1.29, 1.82) is 0 Å². The number of halogens is 1. The van der Waals surface area contributed by atoms with Crippen LogP contribution in [0.25, 0.3) is 0 Å². The van der Waals surface area contributed by atoms with Gasteiger partial charge in [-0.25, -0.2) is 4.39 Å². The Bertz CT molecular complexity index is 615. The summed E-state index contributed by atoms with van der Waals surface area (Å²) in [5.74, 6) is 0.714. The maximum absolute atomic E-state index is 13.9. The number of likely N-dealkylation sites (tertiary alicyclic amines) is 2. The van der Waals surface area contributed by atoms with Gasteiger partial charge in [0.25, 0.3) is 0 Å². The normalized spacial score (nSPS) is 22.7. The van der Waals surface area contributed by atoms with Crippen LogP contribution in [0, 0.1) is 11.7 Å². The number of nitrogens with zero attached hydrogens (tertiary/aromatic N) is 3. The smallest absolute Gasteiger partial charge is 0.222 e. The van der Waals surface area contributed by atoms with Gasteiger partial charge in [-0.1, -0.05) is 18.2 Å². The van der Waals surface area contributed by atoms with Gasteiger partial charge in [-0.2, -0.15) is 0 Å². The minimum Gasteiger partial charge on any atom is -0.343 e. The number of hydrogen-bond donors (Lipinski definition) is 0. The zero-order valence-electron chi connectivity index (χ0n) is 16.9. The Morgan fingerprint density at radius 2 is 1.93 bits per heavy atom. The molecular weight excluding hydrogens is 341 g/mol. The Kier molecular flexibility index (Phi) is 7.25. The van der Waals surface area contributed by atoms with Crippen LogP contribution in [0.1, 0.15) is 44.1 Å². The van der Waals surface area contributed by atoms with Gasteiger partial charge in [-0.3, -0.25) is 9.69 Å². The molecule has 0 aliphatic carbocycles. The number of carbonyl (C=O) groups excluding carboxylic acids is 1. The van der Waals surface area contributed by atoms with Crippen molar-refractivity contribution in [2.45, 2.75) is 51.1 Å². The molecule has 2 aliphatic rings. The van der Waals surface area contributed by atoms with Crippen molar-refractivity contribution < 1.29 is 9.18 Å². The van der Waals surface area contributed by atoms with Crippen LogP contribution >= 0.6 is 0 Å². The third kappa shape index (κ3) is 5.76. The fraction of sp³-hybridized carbons (Fsp3) is 0.682. The van der Waals surface area contributed by atoms with Gasteiger partial charge in [0.15, 0.2) is 0 Å². The van der Waals surface area contributed by atoms with Gasteiger partial charge >= 0.3 is 0 Å². The first-order valence-electron chi connectivity index (χ1n) is 10.4. The summed E-state index contributed by atoms with van der Waals surface area (Å²) in [6.45, 7) is 4.83. The summed E-state index contributed by atoms with van der Waals surface area (Å²) in [7, 11) is 4.12. The SMILES string of the molecule is CN1CCC(N(C)C(=O)CC[C@@H]2CCCN(Cc3ccccc3F)C2)CC1. The van der Waals surface area contributed by atoms with Crippen LogP contribution in [0.2, 0.25) is 0 Å². The van der Waals surface area contributed by atoms with Crippen LogP contribution in [0.4, 0.5) is 4.39 Å². The van der Waals surface area contributed by atoms with E-state index >= 15 is 0 Å². The van der Waals surface area contributed by atoms with Crippen LogP contribution in [0.5, 0.6) is 0 Å². The van der Waals surface area contributed by atoms with Crippen LogP contribution in [0.15, 0.2) is 24.3 Å². The summed E-state index contributed by atoms with van der Waals surface area (Å²) in [5, 5.41) is 0. The van der Waals surface area contributed by atoms with Gasteiger partial charge < -0.3 is 9.80 Å². The lowest BCUT2D eigenvalue weighted by Crippen LogP contribution is -2.44. The summed E-state index contributed by atoms with van der Waals surface area (Å²) in [6.07, 6.45) is 6.07. The van der Waals surface area contributed by atoms with E-state index in [1.54, 1.807) is 6.07 Å². The second-order valence-corrected chi connectivity index (χ2v) is 8.41. The van der Waals surface area contributed by atoms with Crippen LogP contribution in [0.3, 0.4) is 0 Å². The molecule has 3 rings (SSSR count). The second-order valence-electron chi connectivity index (χ2n) is 8.41. The fourth-order valence-electron chi connectivity index (χ4n) is 4.49. The van der Waals surface area contributed by atoms with E-state index in [1.807, 2.05) is 24.1 Å². The zero-order chi connectivity index (χ0) is 19.2. The summed E-state index contributed by atoms with van der Waals surface area (Å²) in [5.41, 5.74) is 0.774. The fourth-order valence-corrected chi connectivity index (χ4v) is 4.49. The third-order valence-electron chi connectivity index (χ3n) is 6.35. The van der Waals surface area contributed by atoms with Crippen LogP contribution in [-0.2, 0) is 11.3 Å². The highest BCUT2D eigenvalue weighted by molar-refractivity contribution is 5.76. The Balaban J connectivity index is 1.43. The molecule has 0 N–H and O–H groups in total. The Morgan fingerprint density at radius 1 is 1.19 bits per heavy atom. The lowest BCUT2D eigenvalue weighted by Gasteiger charge is -2.36. The molecule has 1 amide bonds. The van der Waals surface area contributed by atoms with Crippen molar-refractivity contribution in [3.63, 3.8) is 0 Å². The standard InChI is InChI=1S/C22H34FN3O/c1-24-14-11-20(12-15-24)25(2)22(27)10-9-18-6-5-13-26(16-18)17-19-7-3-4-8-21(19)23/h3-4,7-8,18,20H,5-6,9-17H2,1-2H3/t18-/m0/s1. The predicted octanol–water partition coefficient (Wildman–Crippen LogP) is 3.37. The lowest BCUT2D eigenvalue weighted by molar-refractivity contribution is -0.133. The molecule has 0 aromatic heterocycles. The highest BCUT2D eigenvalue weighted by Crippen LogP contribution is 2.24. The molecular formula is C22H34FN3O. The molecule has 2 aliphatic heterocycles. The molecule has 2 fully saturated rings. The second kappa shape index (κ2) is 9.65. The highest BCUT2D eigenvalue weighted by atomic mass is 19.1. The first-order valence-corrected chi connectivity index (χ1v) is 10.4. The van der Waals surface area contributed by atoms with Crippen molar-refractivity contribution in [1.82, 2.24) is 14.7 Å². The largest absolute Gasteiger partial charge is 0.343 e. The molecule has 27 heavy (non-hydrogen) atoms. The zero-order valence-corrected chi connectivity index (χ0v) is 16.9. The number of rotatable bonds is 6. The Labute approximate surface area is 163 Å². The van der Waals surface area contributed by atoms with E-state index in [1.165, 1.54) is 12.5 Å².